The molecule has 114 valence electrons. The number of carboxylic acids is 1. The number of piperidine rings is 1. The first-order valence-electron chi connectivity index (χ1n) is 7.07. The van der Waals surface area contributed by atoms with Crippen LogP contribution >= 0.6 is 0 Å². The molecule has 1 aliphatic rings. The molecule has 21 heavy (non-hydrogen) atoms. The lowest BCUT2D eigenvalue weighted by Crippen LogP contribution is -2.44. The molecule has 0 unspecified atom stereocenters. The van der Waals surface area contributed by atoms with Gasteiger partial charge in [0.2, 0.25) is 5.91 Å². The number of hydrogen-bond donors (Lipinski definition) is 4. The number of phenolic OH excluding ortho intramolecular Hbond substituents is 1. The molecule has 1 aliphatic heterocycles. The minimum Gasteiger partial charge on any atom is -0.506 e. The second kappa shape index (κ2) is 6.13. The van der Waals surface area contributed by atoms with Crippen LogP contribution in [0.15, 0.2) is 18.2 Å². The fraction of sp³-hybridized carbons (Fsp3) is 0.467. The van der Waals surface area contributed by atoms with E-state index < -0.39 is 11.4 Å². The molecular formula is C15H20N2O4. The highest BCUT2D eigenvalue weighted by atomic mass is 16.4. The molecule has 0 aromatic heterocycles. The number of amides is 1. The topological polar surface area (TPSA) is 98.7 Å². The van der Waals surface area contributed by atoms with E-state index in [4.69, 9.17) is 5.11 Å². The Morgan fingerprint density at radius 2 is 2.00 bits per heavy atom. The third-order valence-electron chi connectivity index (χ3n) is 4.21. The Morgan fingerprint density at radius 3 is 2.57 bits per heavy atom. The lowest BCUT2D eigenvalue weighted by Gasteiger charge is -2.35. The van der Waals surface area contributed by atoms with Crippen LogP contribution in [-0.4, -0.2) is 35.2 Å². The molecule has 1 aromatic rings. The van der Waals surface area contributed by atoms with Crippen molar-refractivity contribution in [3.8, 4) is 5.75 Å². The first kappa shape index (κ1) is 15.3. The molecule has 6 heteroatoms. The van der Waals surface area contributed by atoms with Gasteiger partial charge in [-0.05, 0) is 50.6 Å². The van der Waals surface area contributed by atoms with Crippen molar-refractivity contribution in [1.82, 2.24) is 5.32 Å². The zero-order valence-corrected chi connectivity index (χ0v) is 12.0. The predicted octanol–water partition coefficient (Wildman–Crippen LogP) is 1.81. The van der Waals surface area contributed by atoms with Crippen molar-refractivity contribution in [2.24, 2.45) is 5.41 Å². The number of rotatable bonds is 4. The van der Waals surface area contributed by atoms with E-state index in [2.05, 4.69) is 10.6 Å². The molecule has 4 N–H and O–H groups in total. The van der Waals surface area contributed by atoms with E-state index in [0.717, 1.165) is 25.9 Å². The maximum absolute atomic E-state index is 12.6. The Balaban J connectivity index is 2.22. The lowest BCUT2D eigenvalue weighted by molar-refractivity contribution is -0.127. The highest BCUT2D eigenvalue weighted by molar-refractivity contribution is 5.98. The molecule has 0 aliphatic carbocycles. The van der Waals surface area contributed by atoms with Crippen molar-refractivity contribution < 1.29 is 19.8 Å². The molecule has 0 atom stereocenters. The summed E-state index contributed by atoms with van der Waals surface area (Å²) in [5.74, 6) is -1.39. The summed E-state index contributed by atoms with van der Waals surface area (Å²) < 4.78 is 0. The lowest BCUT2D eigenvalue weighted by atomic mass is 9.76. The van der Waals surface area contributed by atoms with Gasteiger partial charge in [-0.1, -0.05) is 6.92 Å². The van der Waals surface area contributed by atoms with E-state index in [1.54, 1.807) is 0 Å². The number of aromatic carboxylic acids is 1. The molecule has 0 radical (unpaired) electrons. The average Bonchev–Trinajstić information content (AvgIpc) is 2.49. The zero-order valence-electron chi connectivity index (χ0n) is 12.0. The summed E-state index contributed by atoms with van der Waals surface area (Å²) in [6.45, 7) is 3.53. The minimum absolute atomic E-state index is 0.0268. The average molecular weight is 292 g/mol. The van der Waals surface area contributed by atoms with E-state index in [9.17, 15) is 14.7 Å². The van der Waals surface area contributed by atoms with Gasteiger partial charge < -0.3 is 20.8 Å². The van der Waals surface area contributed by atoms with Crippen molar-refractivity contribution >= 4 is 17.6 Å². The number of hydrogen-bond acceptors (Lipinski definition) is 4. The van der Waals surface area contributed by atoms with Gasteiger partial charge >= 0.3 is 5.97 Å². The number of nitrogens with one attached hydrogen (secondary N) is 2. The van der Waals surface area contributed by atoms with Gasteiger partial charge in [0, 0.05) is 0 Å². The number of benzene rings is 1. The summed E-state index contributed by atoms with van der Waals surface area (Å²) in [6, 6.07) is 3.85. The molecule has 1 heterocycles. The predicted molar refractivity (Wildman–Crippen MR) is 78.5 cm³/mol. The number of aromatic hydroxyl groups is 1. The van der Waals surface area contributed by atoms with Gasteiger partial charge in [-0.2, -0.15) is 0 Å². The summed E-state index contributed by atoms with van der Waals surface area (Å²) in [5.41, 5.74) is -0.290. The van der Waals surface area contributed by atoms with Crippen molar-refractivity contribution in [3.63, 3.8) is 0 Å². The van der Waals surface area contributed by atoms with Crippen LogP contribution in [0.5, 0.6) is 5.75 Å². The first-order valence-corrected chi connectivity index (χ1v) is 7.07. The normalized spacial score (nSPS) is 17.2. The molecule has 0 spiro atoms. The zero-order chi connectivity index (χ0) is 15.5. The Hall–Kier alpha value is -2.08. The van der Waals surface area contributed by atoms with Crippen LogP contribution in [0.2, 0.25) is 0 Å². The maximum Gasteiger partial charge on any atom is 0.335 e. The highest BCUT2D eigenvalue weighted by Crippen LogP contribution is 2.35. The highest BCUT2D eigenvalue weighted by Gasteiger charge is 2.38. The molecule has 1 fully saturated rings. The second-order valence-corrected chi connectivity index (χ2v) is 5.38. The van der Waals surface area contributed by atoms with Crippen LogP contribution in [0, 0.1) is 5.41 Å². The fourth-order valence-corrected chi connectivity index (χ4v) is 2.67. The van der Waals surface area contributed by atoms with Crippen LogP contribution in [0.25, 0.3) is 0 Å². The molecule has 1 saturated heterocycles. The fourth-order valence-electron chi connectivity index (χ4n) is 2.67. The molecule has 6 nitrogen and oxygen atoms in total. The Kier molecular flexibility index (Phi) is 4.47. The van der Waals surface area contributed by atoms with Crippen LogP contribution in [0.3, 0.4) is 0 Å². The minimum atomic E-state index is -1.10. The molecule has 0 bridgehead atoms. The molecule has 0 saturated carbocycles. The van der Waals surface area contributed by atoms with Gasteiger partial charge in [0.15, 0.2) is 0 Å². The summed E-state index contributed by atoms with van der Waals surface area (Å²) in [7, 11) is 0. The van der Waals surface area contributed by atoms with Gasteiger partial charge in [-0.25, -0.2) is 4.79 Å². The Labute approximate surface area is 123 Å². The van der Waals surface area contributed by atoms with Gasteiger partial charge in [-0.15, -0.1) is 0 Å². The quantitative estimate of drug-likeness (QED) is 0.634. The van der Waals surface area contributed by atoms with Gasteiger partial charge in [0.25, 0.3) is 0 Å². The van der Waals surface area contributed by atoms with Crippen LogP contribution in [0.4, 0.5) is 5.69 Å². The SMILES string of the molecule is CCC1(C(=O)Nc2cc(C(=O)O)ccc2O)CCNCC1. The van der Waals surface area contributed by atoms with Crippen LogP contribution in [0.1, 0.15) is 36.5 Å². The van der Waals surface area contributed by atoms with Crippen LogP contribution in [-0.2, 0) is 4.79 Å². The van der Waals surface area contributed by atoms with Gasteiger partial charge in [-0.3, -0.25) is 4.79 Å². The Bertz CT molecular complexity index is 551. The van der Waals surface area contributed by atoms with E-state index in [1.807, 2.05) is 6.92 Å². The number of carboxylic acid groups (broad SMARTS) is 1. The van der Waals surface area contributed by atoms with E-state index >= 15 is 0 Å². The maximum atomic E-state index is 12.6. The smallest absolute Gasteiger partial charge is 0.335 e. The molecule has 2 rings (SSSR count). The third kappa shape index (κ3) is 3.16. The first-order chi connectivity index (χ1) is 9.98. The van der Waals surface area contributed by atoms with Crippen LogP contribution < -0.4 is 10.6 Å². The summed E-state index contributed by atoms with van der Waals surface area (Å²) in [4.78, 5) is 23.5. The standard InChI is InChI=1S/C15H20N2O4/c1-2-15(5-7-16-8-6-15)14(21)17-11-9-10(13(19)20)3-4-12(11)18/h3-4,9,16,18H,2,5-8H2,1H3,(H,17,21)(H,19,20). The Morgan fingerprint density at radius 1 is 1.33 bits per heavy atom. The second-order valence-electron chi connectivity index (χ2n) is 5.38. The van der Waals surface area contributed by atoms with Gasteiger partial charge in [0.1, 0.15) is 5.75 Å². The summed E-state index contributed by atoms with van der Waals surface area (Å²) >= 11 is 0. The molecular weight excluding hydrogens is 272 g/mol. The number of phenols is 1. The van der Waals surface area contributed by atoms with Crippen molar-refractivity contribution in [1.29, 1.82) is 0 Å². The van der Waals surface area contributed by atoms with Crippen molar-refractivity contribution in [3.05, 3.63) is 23.8 Å². The van der Waals surface area contributed by atoms with E-state index in [0.29, 0.717) is 6.42 Å². The summed E-state index contributed by atoms with van der Waals surface area (Å²) in [6.07, 6.45) is 2.17. The monoisotopic (exact) mass is 292 g/mol. The van der Waals surface area contributed by atoms with E-state index in [-0.39, 0.29) is 22.9 Å². The largest absolute Gasteiger partial charge is 0.506 e. The van der Waals surface area contributed by atoms with Crippen molar-refractivity contribution in [2.45, 2.75) is 26.2 Å². The number of anilines is 1. The molecule has 1 aromatic carbocycles. The third-order valence-corrected chi connectivity index (χ3v) is 4.21. The van der Waals surface area contributed by atoms with Crippen molar-refractivity contribution in [2.75, 3.05) is 18.4 Å². The number of carbonyl (C=O) groups is 2. The van der Waals surface area contributed by atoms with Gasteiger partial charge in [0.05, 0.1) is 16.7 Å². The summed E-state index contributed by atoms with van der Waals surface area (Å²) in [5, 5.41) is 24.7. The number of carbonyl (C=O) groups excluding carboxylic acids is 1. The van der Waals surface area contributed by atoms with E-state index in [1.165, 1.54) is 18.2 Å². The molecule has 1 amide bonds.